The number of aromatic carboxylic acids is 1. The molecule has 1 aromatic heterocycles. The van der Waals surface area contributed by atoms with Gasteiger partial charge in [-0.3, -0.25) is 4.79 Å². The Morgan fingerprint density at radius 2 is 2.22 bits per heavy atom. The van der Waals surface area contributed by atoms with Gasteiger partial charge < -0.3 is 15.2 Å². The summed E-state index contributed by atoms with van der Waals surface area (Å²) in [4.78, 5) is 26.3. The van der Waals surface area contributed by atoms with Crippen LogP contribution in [0.4, 0.5) is 4.39 Å². The highest BCUT2D eigenvalue weighted by atomic mass is 32.1. The summed E-state index contributed by atoms with van der Waals surface area (Å²) in [6.07, 6.45) is 0.591. The lowest BCUT2D eigenvalue weighted by molar-refractivity contribution is -0.121. The van der Waals surface area contributed by atoms with E-state index in [0.29, 0.717) is 17.0 Å². The molecule has 122 valence electrons. The number of nitrogens with zero attached hydrogens (tertiary/aromatic N) is 1. The molecule has 2 N–H and O–H groups in total. The summed E-state index contributed by atoms with van der Waals surface area (Å²) in [5, 5.41) is 13.4. The third-order valence-electron chi connectivity index (χ3n) is 3.06. The van der Waals surface area contributed by atoms with Crippen LogP contribution >= 0.6 is 11.3 Å². The lowest BCUT2D eigenvalue weighted by Crippen LogP contribution is -2.23. The minimum atomic E-state index is -1.10. The number of nitrogens with one attached hydrogen (secondary N) is 1. The molecule has 0 radical (unpaired) electrons. The molecule has 1 aromatic carbocycles. The molecule has 8 heteroatoms. The number of aryl methyl sites for hydroxylation is 1. The fraction of sp³-hybridized carbons (Fsp3) is 0.267. The number of amides is 1. The molecule has 0 unspecified atom stereocenters. The van der Waals surface area contributed by atoms with E-state index in [0.717, 1.165) is 0 Å². The largest absolute Gasteiger partial charge is 0.494 e. The second-order valence-corrected chi connectivity index (χ2v) is 5.62. The number of aromatic nitrogens is 1. The molecular formula is C15H15FN2O4S. The van der Waals surface area contributed by atoms with E-state index in [-0.39, 0.29) is 30.3 Å². The van der Waals surface area contributed by atoms with Crippen molar-refractivity contribution in [3.8, 4) is 5.75 Å². The molecule has 2 aromatic rings. The molecule has 0 aliphatic heterocycles. The lowest BCUT2D eigenvalue weighted by atomic mass is 10.1. The van der Waals surface area contributed by atoms with Gasteiger partial charge in [0.25, 0.3) is 0 Å². The third kappa shape index (κ3) is 4.75. The Balaban J connectivity index is 1.80. The van der Waals surface area contributed by atoms with Crippen LogP contribution in [0.25, 0.3) is 0 Å². The Morgan fingerprint density at radius 3 is 2.83 bits per heavy atom. The van der Waals surface area contributed by atoms with Gasteiger partial charge in [0.05, 0.1) is 13.7 Å². The van der Waals surface area contributed by atoms with Crippen molar-refractivity contribution >= 4 is 23.2 Å². The van der Waals surface area contributed by atoms with Crippen LogP contribution in [0.15, 0.2) is 23.6 Å². The quantitative estimate of drug-likeness (QED) is 0.808. The Bertz CT molecular complexity index is 717. The lowest BCUT2D eigenvalue weighted by Gasteiger charge is -2.06. The highest BCUT2D eigenvalue weighted by Gasteiger charge is 2.10. The molecule has 0 aliphatic carbocycles. The number of thiazole rings is 1. The second-order valence-electron chi connectivity index (χ2n) is 4.68. The van der Waals surface area contributed by atoms with Crippen molar-refractivity contribution in [2.24, 2.45) is 0 Å². The first-order valence-corrected chi connectivity index (χ1v) is 7.64. The molecule has 1 heterocycles. The molecule has 2 rings (SSSR count). The molecule has 0 fully saturated rings. The highest BCUT2D eigenvalue weighted by molar-refractivity contribution is 7.09. The van der Waals surface area contributed by atoms with Gasteiger partial charge in [0, 0.05) is 11.8 Å². The fourth-order valence-electron chi connectivity index (χ4n) is 1.88. The zero-order valence-corrected chi connectivity index (χ0v) is 13.2. The normalized spacial score (nSPS) is 10.3. The van der Waals surface area contributed by atoms with E-state index in [2.05, 4.69) is 10.3 Å². The Morgan fingerprint density at radius 1 is 1.43 bits per heavy atom. The Hall–Kier alpha value is -2.48. The number of hydrogen-bond donors (Lipinski definition) is 2. The van der Waals surface area contributed by atoms with Crippen LogP contribution in [0.1, 0.15) is 27.5 Å². The van der Waals surface area contributed by atoms with Crippen LogP contribution in [-0.2, 0) is 17.8 Å². The predicted molar refractivity (Wildman–Crippen MR) is 82.2 cm³/mol. The molecule has 0 saturated carbocycles. The van der Waals surface area contributed by atoms with E-state index in [9.17, 15) is 14.0 Å². The van der Waals surface area contributed by atoms with Gasteiger partial charge in [-0.2, -0.15) is 0 Å². The molecule has 6 nitrogen and oxygen atoms in total. The minimum Gasteiger partial charge on any atom is -0.494 e. The molecule has 23 heavy (non-hydrogen) atoms. The van der Waals surface area contributed by atoms with Gasteiger partial charge in [-0.1, -0.05) is 6.07 Å². The SMILES string of the molecule is COc1ccc(CCC(=O)NCc2nc(C(=O)O)cs2)cc1F. The van der Waals surface area contributed by atoms with Gasteiger partial charge in [0.15, 0.2) is 17.3 Å². The van der Waals surface area contributed by atoms with Gasteiger partial charge in [-0.05, 0) is 24.1 Å². The first kappa shape index (κ1) is 16.9. The van der Waals surface area contributed by atoms with E-state index < -0.39 is 11.8 Å². The van der Waals surface area contributed by atoms with Gasteiger partial charge >= 0.3 is 5.97 Å². The van der Waals surface area contributed by atoms with Crippen LogP contribution < -0.4 is 10.1 Å². The smallest absolute Gasteiger partial charge is 0.355 e. The summed E-state index contributed by atoms with van der Waals surface area (Å²) in [5.74, 6) is -1.61. The van der Waals surface area contributed by atoms with Crippen molar-refractivity contribution in [3.63, 3.8) is 0 Å². The average molecular weight is 338 g/mol. The van der Waals surface area contributed by atoms with Gasteiger partial charge in [0.2, 0.25) is 5.91 Å². The summed E-state index contributed by atoms with van der Waals surface area (Å²) >= 11 is 1.17. The number of carboxylic acid groups (broad SMARTS) is 1. The monoisotopic (exact) mass is 338 g/mol. The fourth-order valence-corrected chi connectivity index (χ4v) is 2.58. The van der Waals surface area contributed by atoms with Gasteiger partial charge in [0.1, 0.15) is 5.01 Å². The van der Waals surface area contributed by atoms with E-state index in [1.165, 1.54) is 36.0 Å². The number of rotatable bonds is 7. The maximum atomic E-state index is 13.5. The van der Waals surface area contributed by atoms with Crippen molar-refractivity contribution in [3.05, 3.63) is 45.7 Å². The molecule has 0 bridgehead atoms. The van der Waals surface area contributed by atoms with Crippen molar-refractivity contribution in [1.82, 2.24) is 10.3 Å². The Labute approximate surface area is 135 Å². The summed E-state index contributed by atoms with van der Waals surface area (Å²) in [6, 6.07) is 4.56. The van der Waals surface area contributed by atoms with Crippen molar-refractivity contribution < 1.29 is 23.8 Å². The van der Waals surface area contributed by atoms with Crippen LogP contribution in [-0.4, -0.2) is 29.1 Å². The predicted octanol–water partition coefficient (Wildman–Crippen LogP) is 2.24. The van der Waals surface area contributed by atoms with Crippen molar-refractivity contribution in [2.45, 2.75) is 19.4 Å². The van der Waals surface area contributed by atoms with Crippen LogP contribution in [0.2, 0.25) is 0 Å². The first-order valence-electron chi connectivity index (χ1n) is 6.76. The molecule has 0 saturated heterocycles. The summed E-state index contributed by atoms with van der Waals surface area (Å²) < 4.78 is 18.4. The minimum absolute atomic E-state index is 0.0343. The zero-order valence-electron chi connectivity index (χ0n) is 12.3. The number of carbonyl (C=O) groups excluding carboxylic acids is 1. The van der Waals surface area contributed by atoms with E-state index in [1.807, 2.05) is 0 Å². The Kier molecular flexibility index (Phi) is 5.64. The third-order valence-corrected chi connectivity index (χ3v) is 3.91. The summed E-state index contributed by atoms with van der Waals surface area (Å²) in [6.45, 7) is 0.174. The van der Waals surface area contributed by atoms with Crippen LogP contribution in [0.3, 0.4) is 0 Å². The number of hydrogen-bond acceptors (Lipinski definition) is 5. The van der Waals surface area contributed by atoms with Crippen molar-refractivity contribution in [2.75, 3.05) is 7.11 Å². The van der Waals surface area contributed by atoms with Gasteiger partial charge in [-0.15, -0.1) is 11.3 Å². The van der Waals surface area contributed by atoms with E-state index in [1.54, 1.807) is 6.07 Å². The number of carboxylic acids is 1. The van der Waals surface area contributed by atoms with Crippen LogP contribution in [0, 0.1) is 5.82 Å². The topological polar surface area (TPSA) is 88.5 Å². The molecule has 1 amide bonds. The first-order chi connectivity index (χ1) is 11.0. The molecule has 0 spiro atoms. The number of halogens is 1. The number of benzene rings is 1. The van der Waals surface area contributed by atoms with E-state index >= 15 is 0 Å². The van der Waals surface area contributed by atoms with Crippen LogP contribution in [0.5, 0.6) is 5.75 Å². The standard InChI is InChI=1S/C15H15FN2O4S/c1-22-12-4-2-9(6-10(12)16)3-5-13(19)17-7-14-18-11(8-23-14)15(20)21/h2,4,6,8H,3,5,7H2,1H3,(H,17,19)(H,20,21). The number of methoxy groups -OCH3 is 1. The number of carbonyl (C=O) groups is 2. The summed E-state index contributed by atoms with van der Waals surface area (Å²) in [5.41, 5.74) is 0.661. The average Bonchev–Trinajstić information content (AvgIpc) is 3.00. The molecular weight excluding hydrogens is 323 g/mol. The molecule has 0 aliphatic rings. The molecule has 0 atom stereocenters. The maximum Gasteiger partial charge on any atom is 0.355 e. The van der Waals surface area contributed by atoms with Gasteiger partial charge in [-0.25, -0.2) is 14.2 Å². The zero-order chi connectivity index (χ0) is 16.8. The maximum absolute atomic E-state index is 13.5. The van der Waals surface area contributed by atoms with E-state index in [4.69, 9.17) is 9.84 Å². The van der Waals surface area contributed by atoms with Crippen molar-refractivity contribution in [1.29, 1.82) is 0 Å². The number of ether oxygens (including phenoxy) is 1. The summed E-state index contributed by atoms with van der Waals surface area (Å²) in [7, 11) is 1.39. The highest BCUT2D eigenvalue weighted by Crippen LogP contribution is 2.18. The second kappa shape index (κ2) is 7.68.